The van der Waals surface area contributed by atoms with Crippen LogP contribution in [0.2, 0.25) is 0 Å². The number of nitro groups is 1. The fourth-order valence-corrected chi connectivity index (χ4v) is 2.42. The second-order valence-electron chi connectivity index (χ2n) is 5.81. The molecule has 21 heavy (non-hydrogen) atoms. The summed E-state index contributed by atoms with van der Waals surface area (Å²) in [6, 6.07) is 5.17. The van der Waals surface area contributed by atoms with Gasteiger partial charge in [-0.25, -0.2) is 0 Å². The minimum Gasteiger partial charge on any atom is -0.484 e. The average Bonchev–Trinajstić information content (AvgIpc) is 2.40. The van der Waals surface area contributed by atoms with Gasteiger partial charge >= 0.3 is 5.69 Å². The molecule has 1 heterocycles. The van der Waals surface area contributed by atoms with Gasteiger partial charge in [-0.2, -0.15) is 0 Å². The van der Waals surface area contributed by atoms with Gasteiger partial charge in [0.1, 0.15) is 0 Å². The van der Waals surface area contributed by atoms with Crippen LogP contribution in [-0.4, -0.2) is 54.1 Å². The number of hydrogen-bond donors (Lipinski definition) is 0. The van der Waals surface area contributed by atoms with Gasteiger partial charge in [-0.05, 0) is 32.5 Å². The van der Waals surface area contributed by atoms with Crippen LogP contribution in [0.1, 0.15) is 19.4 Å². The lowest BCUT2D eigenvalue weighted by molar-refractivity contribution is -0.386. The number of likely N-dealkylation sites (N-methyl/N-ethyl adjacent to an activating group) is 1. The van der Waals surface area contributed by atoms with Crippen molar-refractivity contribution in [2.75, 3.05) is 33.2 Å². The summed E-state index contributed by atoms with van der Waals surface area (Å²) in [5.41, 5.74) is 1.09. The zero-order valence-electron chi connectivity index (χ0n) is 12.9. The van der Waals surface area contributed by atoms with Gasteiger partial charge in [0.05, 0.1) is 11.0 Å². The van der Waals surface area contributed by atoms with Crippen LogP contribution in [0.4, 0.5) is 5.69 Å². The van der Waals surface area contributed by atoms with Gasteiger partial charge in [0.2, 0.25) is 0 Å². The molecule has 0 atom stereocenters. The molecule has 6 heteroatoms. The standard InChI is InChI=1S/C15H23N3O3/c1-12(2)21-15-10-13(4-5-14(15)18(19)20)11-17-8-6-16(3)7-9-17/h4-5,10,12H,6-9,11H2,1-3H3. The van der Waals surface area contributed by atoms with Gasteiger partial charge in [-0.1, -0.05) is 6.07 Å². The SMILES string of the molecule is CC(C)Oc1cc(CN2CCN(C)CC2)ccc1[N+](=O)[O-]. The number of benzene rings is 1. The molecule has 0 aliphatic carbocycles. The first-order valence-electron chi connectivity index (χ1n) is 7.30. The minimum atomic E-state index is -0.392. The third-order valence-corrected chi connectivity index (χ3v) is 3.59. The molecule has 0 aromatic heterocycles. The Bertz CT molecular complexity index is 497. The van der Waals surface area contributed by atoms with E-state index >= 15 is 0 Å². The molecule has 0 unspecified atom stereocenters. The zero-order valence-corrected chi connectivity index (χ0v) is 12.9. The number of hydrogen-bond acceptors (Lipinski definition) is 5. The third-order valence-electron chi connectivity index (χ3n) is 3.59. The Labute approximate surface area is 125 Å². The van der Waals surface area contributed by atoms with Crippen molar-refractivity contribution in [3.05, 3.63) is 33.9 Å². The molecule has 0 amide bonds. The van der Waals surface area contributed by atoms with Gasteiger partial charge in [-0.15, -0.1) is 0 Å². The lowest BCUT2D eigenvalue weighted by atomic mass is 10.1. The van der Waals surface area contributed by atoms with Crippen molar-refractivity contribution >= 4 is 5.69 Å². The minimum absolute atomic E-state index is 0.0332. The summed E-state index contributed by atoms with van der Waals surface area (Å²) in [5, 5.41) is 11.1. The quantitative estimate of drug-likeness (QED) is 0.615. The molecule has 0 radical (unpaired) electrons. The van der Waals surface area contributed by atoms with Crippen LogP contribution in [0.3, 0.4) is 0 Å². The summed E-state index contributed by atoms with van der Waals surface area (Å²) < 4.78 is 5.59. The monoisotopic (exact) mass is 293 g/mol. The first kappa shape index (κ1) is 15.7. The number of nitrogens with zero attached hydrogens (tertiary/aromatic N) is 3. The van der Waals surface area contributed by atoms with Gasteiger partial charge in [-0.3, -0.25) is 15.0 Å². The Morgan fingerprint density at radius 3 is 2.52 bits per heavy atom. The molecule has 1 fully saturated rings. The Morgan fingerprint density at radius 1 is 1.29 bits per heavy atom. The summed E-state index contributed by atoms with van der Waals surface area (Å²) in [6.07, 6.45) is -0.0809. The van der Waals surface area contributed by atoms with Crippen molar-refractivity contribution in [1.29, 1.82) is 0 Å². The highest BCUT2D eigenvalue weighted by Crippen LogP contribution is 2.29. The molecule has 116 valence electrons. The maximum absolute atomic E-state index is 11.1. The topological polar surface area (TPSA) is 58.8 Å². The van der Waals surface area contributed by atoms with E-state index in [1.165, 1.54) is 0 Å². The van der Waals surface area contributed by atoms with Gasteiger partial charge in [0, 0.05) is 38.8 Å². The maximum atomic E-state index is 11.1. The molecule has 0 saturated carbocycles. The first-order valence-corrected chi connectivity index (χ1v) is 7.30. The number of rotatable bonds is 5. The third kappa shape index (κ3) is 4.41. The van der Waals surface area contributed by atoms with Crippen molar-refractivity contribution in [3.63, 3.8) is 0 Å². The summed E-state index contributed by atoms with van der Waals surface area (Å²) >= 11 is 0. The predicted molar refractivity (Wildman–Crippen MR) is 81.6 cm³/mol. The largest absolute Gasteiger partial charge is 0.484 e. The molecule has 1 aromatic rings. The van der Waals surface area contributed by atoms with Crippen LogP contribution < -0.4 is 4.74 Å². The Morgan fingerprint density at radius 2 is 1.95 bits per heavy atom. The number of piperazine rings is 1. The Balaban J connectivity index is 2.11. The highest BCUT2D eigenvalue weighted by Gasteiger charge is 2.19. The van der Waals surface area contributed by atoms with E-state index < -0.39 is 4.92 Å². The average molecular weight is 293 g/mol. The van der Waals surface area contributed by atoms with Crippen molar-refractivity contribution in [3.8, 4) is 5.75 Å². The van der Waals surface area contributed by atoms with Crippen molar-refractivity contribution in [2.45, 2.75) is 26.5 Å². The van der Waals surface area contributed by atoms with Gasteiger partial charge < -0.3 is 9.64 Å². The number of nitro benzene ring substituents is 1. The van der Waals surface area contributed by atoms with Crippen molar-refractivity contribution in [2.24, 2.45) is 0 Å². The smallest absolute Gasteiger partial charge is 0.310 e. The molecule has 6 nitrogen and oxygen atoms in total. The zero-order chi connectivity index (χ0) is 15.4. The molecule has 1 aliphatic heterocycles. The van der Waals surface area contributed by atoms with E-state index in [1.807, 2.05) is 19.9 Å². The van der Waals surface area contributed by atoms with Crippen LogP contribution in [0, 0.1) is 10.1 Å². The van der Waals surface area contributed by atoms with Crippen LogP contribution in [-0.2, 0) is 6.54 Å². The molecular formula is C15H23N3O3. The summed E-state index contributed by atoms with van der Waals surface area (Å²) in [5.74, 6) is 0.363. The molecule has 1 aromatic carbocycles. The van der Waals surface area contributed by atoms with E-state index in [1.54, 1.807) is 12.1 Å². The lowest BCUT2D eigenvalue weighted by Crippen LogP contribution is -2.43. The van der Waals surface area contributed by atoms with Crippen LogP contribution in [0.25, 0.3) is 0 Å². The van der Waals surface area contributed by atoms with E-state index in [4.69, 9.17) is 4.74 Å². The molecule has 1 saturated heterocycles. The lowest BCUT2D eigenvalue weighted by Gasteiger charge is -2.32. The van der Waals surface area contributed by atoms with Crippen molar-refractivity contribution in [1.82, 2.24) is 9.80 Å². The Kier molecular flexibility index (Phi) is 5.14. The second-order valence-corrected chi connectivity index (χ2v) is 5.81. The van der Waals surface area contributed by atoms with Crippen molar-refractivity contribution < 1.29 is 9.66 Å². The summed E-state index contributed by atoms with van der Waals surface area (Å²) in [4.78, 5) is 15.3. The van der Waals surface area contributed by atoms with Gasteiger partial charge in [0.25, 0.3) is 0 Å². The molecule has 2 rings (SSSR count). The first-order chi connectivity index (χ1) is 9.95. The molecular weight excluding hydrogens is 270 g/mol. The maximum Gasteiger partial charge on any atom is 0.310 e. The Hall–Kier alpha value is -1.66. The normalized spacial score (nSPS) is 17.1. The van der Waals surface area contributed by atoms with E-state index in [2.05, 4.69) is 16.8 Å². The molecule has 1 aliphatic rings. The molecule has 0 spiro atoms. The summed E-state index contributed by atoms with van der Waals surface area (Å²) in [7, 11) is 2.12. The number of ether oxygens (including phenoxy) is 1. The van der Waals surface area contributed by atoms with Crippen LogP contribution >= 0.6 is 0 Å². The second kappa shape index (κ2) is 6.87. The van der Waals surface area contributed by atoms with Crippen LogP contribution in [0.5, 0.6) is 5.75 Å². The fourth-order valence-electron chi connectivity index (χ4n) is 2.42. The van der Waals surface area contributed by atoms with Gasteiger partial charge in [0.15, 0.2) is 5.75 Å². The van der Waals surface area contributed by atoms with E-state index in [0.29, 0.717) is 5.75 Å². The molecule has 0 bridgehead atoms. The summed E-state index contributed by atoms with van der Waals surface area (Å²) in [6.45, 7) is 8.71. The van der Waals surface area contributed by atoms with E-state index in [-0.39, 0.29) is 11.8 Å². The fraction of sp³-hybridized carbons (Fsp3) is 0.600. The highest BCUT2D eigenvalue weighted by atomic mass is 16.6. The van der Waals surface area contributed by atoms with E-state index in [9.17, 15) is 10.1 Å². The highest BCUT2D eigenvalue weighted by molar-refractivity contribution is 5.48. The van der Waals surface area contributed by atoms with Crippen LogP contribution in [0.15, 0.2) is 18.2 Å². The predicted octanol–water partition coefficient (Wildman–Crippen LogP) is 2.13. The van der Waals surface area contributed by atoms with E-state index in [0.717, 1.165) is 38.3 Å². The molecule has 0 N–H and O–H groups in total.